The predicted molar refractivity (Wildman–Crippen MR) is 55.4 cm³/mol. The van der Waals surface area contributed by atoms with Crippen LogP contribution < -0.4 is 0 Å². The van der Waals surface area contributed by atoms with E-state index in [1.54, 1.807) is 30.5 Å². The molecule has 2 rings (SSSR count). The van der Waals surface area contributed by atoms with Gasteiger partial charge in [0.1, 0.15) is 6.07 Å². The molecule has 0 atom stereocenters. The van der Waals surface area contributed by atoms with Gasteiger partial charge in [-0.05, 0) is 0 Å². The second-order valence-electron chi connectivity index (χ2n) is 3.09. The van der Waals surface area contributed by atoms with Gasteiger partial charge in [0.15, 0.2) is 5.78 Å². The normalized spacial score (nSPS) is 9.53. The van der Waals surface area contributed by atoms with E-state index in [0.717, 1.165) is 0 Å². The first-order chi connectivity index (χ1) is 7.33. The van der Waals surface area contributed by atoms with Crippen molar-refractivity contribution in [3.8, 4) is 6.07 Å². The molecule has 0 radical (unpaired) electrons. The second-order valence-corrected chi connectivity index (χ2v) is 3.09. The van der Waals surface area contributed by atoms with Gasteiger partial charge in [-0.2, -0.15) is 5.26 Å². The summed E-state index contributed by atoms with van der Waals surface area (Å²) in [6.07, 6.45) is 3.07. The van der Waals surface area contributed by atoms with Crippen LogP contribution in [0.3, 0.4) is 0 Å². The van der Waals surface area contributed by atoms with Crippen LogP contribution >= 0.6 is 0 Å². The van der Waals surface area contributed by atoms with Crippen molar-refractivity contribution in [2.24, 2.45) is 0 Å². The van der Waals surface area contributed by atoms with E-state index in [1.807, 2.05) is 12.1 Å². The van der Waals surface area contributed by atoms with Crippen LogP contribution in [0.15, 0.2) is 42.7 Å². The molecule has 0 saturated heterocycles. The fraction of sp³-hybridized carbons (Fsp3) is 0. The number of benzene rings is 1. The molecule has 1 heterocycles. The van der Waals surface area contributed by atoms with E-state index in [2.05, 4.69) is 4.98 Å². The minimum absolute atomic E-state index is 0.131. The Bertz CT molecular complexity index is 520. The smallest absolute Gasteiger partial charge is 0.195 e. The lowest BCUT2D eigenvalue weighted by molar-refractivity contribution is 0.103. The minimum atomic E-state index is -0.131. The summed E-state index contributed by atoms with van der Waals surface area (Å²) in [5.41, 5.74) is 1.39. The van der Waals surface area contributed by atoms with Gasteiger partial charge in [-0.3, -0.25) is 4.79 Å². The summed E-state index contributed by atoms with van der Waals surface area (Å²) in [6.45, 7) is 0. The molecule has 3 nitrogen and oxygen atoms in total. The van der Waals surface area contributed by atoms with Gasteiger partial charge >= 0.3 is 0 Å². The average Bonchev–Trinajstić information content (AvgIpc) is 2.77. The zero-order chi connectivity index (χ0) is 10.7. The summed E-state index contributed by atoms with van der Waals surface area (Å²) in [7, 11) is 0. The number of H-pyrrole nitrogens is 1. The summed E-state index contributed by atoms with van der Waals surface area (Å²) >= 11 is 0. The van der Waals surface area contributed by atoms with Crippen LogP contribution in [0.5, 0.6) is 0 Å². The van der Waals surface area contributed by atoms with Crippen LogP contribution in [0, 0.1) is 11.3 Å². The van der Waals surface area contributed by atoms with Crippen molar-refractivity contribution in [2.45, 2.75) is 0 Å². The quantitative estimate of drug-likeness (QED) is 0.748. The first-order valence-corrected chi connectivity index (χ1v) is 4.49. The van der Waals surface area contributed by atoms with Crippen molar-refractivity contribution in [3.05, 3.63) is 59.4 Å². The van der Waals surface area contributed by atoms with Gasteiger partial charge < -0.3 is 4.98 Å². The zero-order valence-corrected chi connectivity index (χ0v) is 7.90. The van der Waals surface area contributed by atoms with Crippen LogP contribution in [0.25, 0.3) is 0 Å². The van der Waals surface area contributed by atoms with Crippen molar-refractivity contribution >= 4 is 5.78 Å². The molecule has 0 fully saturated rings. The second kappa shape index (κ2) is 3.81. The van der Waals surface area contributed by atoms with E-state index >= 15 is 0 Å². The van der Waals surface area contributed by atoms with Gasteiger partial charge in [0, 0.05) is 18.0 Å². The van der Waals surface area contributed by atoms with Crippen molar-refractivity contribution in [2.75, 3.05) is 0 Å². The highest BCUT2D eigenvalue weighted by Gasteiger charge is 2.13. The highest BCUT2D eigenvalue weighted by Crippen LogP contribution is 2.12. The third-order valence-electron chi connectivity index (χ3n) is 2.15. The lowest BCUT2D eigenvalue weighted by Gasteiger charge is -1.97. The van der Waals surface area contributed by atoms with Gasteiger partial charge in [-0.25, -0.2) is 0 Å². The number of carbonyl (C=O) groups excluding carboxylic acids is 1. The number of hydrogen-bond donors (Lipinski definition) is 1. The summed E-state index contributed by atoms with van der Waals surface area (Å²) < 4.78 is 0. The molecule has 72 valence electrons. The Kier molecular flexibility index (Phi) is 2.34. The molecule has 1 N–H and O–H groups in total. The van der Waals surface area contributed by atoms with Gasteiger partial charge in [0.2, 0.25) is 0 Å². The Morgan fingerprint density at radius 3 is 2.60 bits per heavy atom. The molecule has 3 heteroatoms. The summed E-state index contributed by atoms with van der Waals surface area (Å²) in [4.78, 5) is 14.7. The van der Waals surface area contributed by atoms with Crippen LogP contribution in [0.4, 0.5) is 0 Å². The molecule has 0 aliphatic rings. The van der Waals surface area contributed by atoms with Gasteiger partial charge in [-0.15, -0.1) is 0 Å². The standard InChI is InChI=1S/C12H8N2O/c13-6-10-7-14-8-11(10)12(15)9-4-2-1-3-5-9/h1-5,7-8,14H. The Labute approximate surface area is 87.0 Å². The number of rotatable bonds is 2. The molecule has 0 aliphatic carbocycles. The molecule has 2 aromatic rings. The number of aromatic amines is 1. The maximum absolute atomic E-state index is 11.9. The Hall–Kier alpha value is -2.34. The third-order valence-corrected chi connectivity index (χ3v) is 2.15. The van der Waals surface area contributed by atoms with E-state index < -0.39 is 0 Å². The predicted octanol–water partition coefficient (Wildman–Crippen LogP) is 2.12. The first kappa shape index (κ1) is 9.22. The molecule has 1 aromatic carbocycles. The summed E-state index contributed by atoms with van der Waals surface area (Å²) in [5.74, 6) is -0.131. The molecule has 0 amide bonds. The van der Waals surface area contributed by atoms with Crippen LogP contribution in [-0.4, -0.2) is 10.8 Å². The van der Waals surface area contributed by atoms with Crippen molar-refractivity contribution in [3.63, 3.8) is 0 Å². The van der Waals surface area contributed by atoms with E-state index in [1.165, 1.54) is 6.20 Å². The van der Waals surface area contributed by atoms with Crippen molar-refractivity contribution < 1.29 is 4.79 Å². The number of hydrogen-bond acceptors (Lipinski definition) is 2. The highest BCUT2D eigenvalue weighted by molar-refractivity contribution is 6.10. The Balaban J connectivity index is 2.43. The van der Waals surface area contributed by atoms with Gasteiger partial charge in [-0.1, -0.05) is 30.3 Å². The molecule has 0 unspecified atom stereocenters. The minimum Gasteiger partial charge on any atom is -0.366 e. The number of ketones is 1. The van der Waals surface area contributed by atoms with Crippen LogP contribution in [-0.2, 0) is 0 Å². The molecule has 0 aliphatic heterocycles. The van der Waals surface area contributed by atoms with E-state index in [9.17, 15) is 4.79 Å². The molecule has 0 bridgehead atoms. The fourth-order valence-electron chi connectivity index (χ4n) is 1.39. The zero-order valence-electron chi connectivity index (χ0n) is 7.90. The molecular weight excluding hydrogens is 188 g/mol. The number of nitriles is 1. The molecular formula is C12H8N2O. The SMILES string of the molecule is N#Cc1c[nH]cc1C(=O)c1ccccc1. The number of nitrogens with one attached hydrogen (secondary N) is 1. The number of carbonyl (C=O) groups is 1. The van der Waals surface area contributed by atoms with E-state index in [4.69, 9.17) is 5.26 Å². The van der Waals surface area contributed by atoms with E-state index in [-0.39, 0.29) is 5.78 Å². The van der Waals surface area contributed by atoms with Crippen molar-refractivity contribution in [1.29, 1.82) is 5.26 Å². The summed E-state index contributed by atoms with van der Waals surface area (Å²) in [6, 6.07) is 10.9. The Morgan fingerprint density at radius 1 is 1.20 bits per heavy atom. The highest BCUT2D eigenvalue weighted by atomic mass is 16.1. The monoisotopic (exact) mass is 196 g/mol. The maximum atomic E-state index is 11.9. The number of aromatic nitrogens is 1. The van der Waals surface area contributed by atoms with Crippen LogP contribution in [0.2, 0.25) is 0 Å². The maximum Gasteiger partial charge on any atom is 0.195 e. The number of nitrogens with zero attached hydrogens (tertiary/aromatic N) is 1. The molecule has 15 heavy (non-hydrogen) atoms. The van der Waals surface area contributed by atoms with Gasteiger partial charge in [0.05, 0.1) is 11.1 Å². The lowest BCUT2D eigenvalue weighted by Crippen LogP contribution is -2.01. The molecule has 0 spiro atoms. The van der Waals surface area contributed by atoms with E-state index in [0.29, 0.717) is 16.7 Å². The third kappa shape index (κ3) is 1.65. The summed E-state index contributed by atoms with van der Waals surface area (Å²) in [5, 5.41) is 8.78. The Morgan fingerprint density at radius 2 is 1.93 bits per heavy atom. The van der Waals surface area contributed by atoms with Crippen molar-refractivity contribution in [1.82, 2.24) is 4.98 Å². The fourth-order valence-corrected chi connectivity index (χ4v) is 1.39. The lowest BCUT2D eigenvalue weighted by atomic mass is 10.0. The topological polar surface area (TPSA) is 56.6 Å². The molecule has 0 saturated carbocycles. The average molecular weight is 196 g/mol. The van der Waals surface area contributed by atoms with Gasteiger partial charge in [0.25, 0.3) is 0 Å². The van der Waals surface area contributed by atoms with Crippen LogP contribution in [0.1, 0.15) is 21.5 Å². The largest absolute Gasteiger partial charge is 0.366 e. The first-order valence-electron chi connectivity index (χ1n) is 4.49. The molecule has 1 aromatic heterocycles.